The van der Waals surface area contributed by atoms with Gasteiger partial charge in [-0.3, -0.25) is 9.59 Å². The zero-order valence-corrected chi connectivity index (χ0v) is 15.5. The molecule has 0 aromatic heterocycles. The molecule has 1 heterocycles. The molecule has 0 spiro atoms. The molecule has 1 saturated heterocycles. The third-order valence-electron chi connectivity index (χ3n) is 4.81. The summed E-state index contributed by atoms with van der Waals surface area (Å²) >= 11 is 0. The van der Waals surface area contributed by atoms with Gasteiger partial charge in [-0.2, -0.15) is 5.10 Å². The topological polar surface area (TPSA) is 99.1 Å². The van der Waals surface area contributed by atoms with Crippen LogP contribution in [0.25, 0.3) is 0 Å². The quantitative estimate of drug-likeness (QED) is 0.598. The highest BCUT2D eigenvalue weighted by Gasteiger charge is 2.27. The Morgan fingerprint density at radius 2 is 1.72 bits per heavy atom. The SMILES string of the molecule is O=C(O)c1ccccc1C=NNC(=O)C1CCN(C(=O)c2ccc(F)cc2)CC1. The number of benzene rings is 2. The van der Waals surface area contributed by atoms with Gasteiger partial charge in [-0.05, 0) is 43.2 Å². The maximum Gasteiger partial charge on any atom is 0.336 e. The summed E-state index contributed by atoms with van der Waals surface area (Å²) in [6.07, 6.45) is 2.27. The number of hydrogen-bond donors (Lipinski definition) is 2. The summed E-state index contributed by atoms with van der Waals surface area (Å²) in [6, 6.07) is 11.7. The van der Waals surface area contributed by atoms with Crippen molar-refractivity contribution in [2.45, 2.75) is 12.8 Å². The average molecular weight is 397 g/mol. The lowest BCUT2D eigenvalue weighted by Gasteiger charge is -2.31. The fourth-order valence-corrected chi connectivity index (χ4v) is 3.18. The summed E-state index contributed by atoms with van der Waals surface area (Å²) in [4.78, 5) is 37.6. The maximum atomic E-state index is 13.0. The van der Waals surface area contributed by atoms with Gasteiger partial charge in [0, 0.05) is 30.1 Å². The molecule has 150 valence electrons. The number of amides is 2. The number of carboxylic acids is 1. The summed E-state index contributed by atoms with van der Waals surface area (Å²) < 4.78 is 13.0. The van der Waals surface area contributed by atoms with Crippen molar-refractivity contribution in [3.63, 3.8) is 0 Å². The summed E-state index contributed by atoms with van der Waals surface area (Å²) in [5.74, 6) is -2.23. The minimum absolute atomic E-state index is 0.0955. The van der Waals surface area contributed by atoms with E-state index >= 15 is 0 Å². The van der Waals surface area contributed by atoms with Crippen molar-refractivity contribution in [1.82, 2.24) is 10.3 Å². The number of hydrazone groups is 1. The number of piperidine rings is 1. The lowest BCUT2D eigenvalue weighted by atomic mass is 9.95. The molecular weight excluding hydrogens is 377 g/mol. The number of hydrogen-bond acceptors (Lipinski definition) is 4. The van der Waals surface area contributed by atoms with E-state index in [9.17, 15) is 18.8 Å². The fraction of sp³-hybridized carbons (Fsp3) is 0.238. The Balaban J connectivity index is 1.52. The number of carbonyl (C=O) groups is 3. The molecule has 0 aliphatic carbocycles. The summed E-state index contributed by atoms with van der Waals surface area (Å²) in [5.41, 5.74) is 3.34. The van der Waals surface area contributed by atoms with E-state index < -0.39 is 11.8 Å². The molecule has 2 amide bonds. The Morgan fingerprint density at radius 3 is 2.38 bits per heavy atom. The standard InChI is InChI=1S/C21H20FN3O4/c22-17-7-5-15(6-8-17)20(27)25-11-9-14(10-12-25)19(26)24-23-13-16-3-1-2-4-18(16)21(28)29/h1-8,13-14H,9-12H2,(H,24,26)(H,28,29). The van der Waals surface area contributed by atoms with E-state index in [-0.39, 0.29) is 23.3 Å². The molecule has 0 unspecified atom stereocenters. The Bertz CT molecular complexity index is 935. The van der Waals surface area contributed by atoms with E-state index in [0.29, 0.717) is 37.1 Å². The lowest BCUT2D eigenvalue weighted by Crippen LogP contribution is -2.42. The highest BCUT2D eigenvalue weighted by Crippen LogP contribution is 2.19. The van der Waals surface area contributed by atoms with Gasteiger partial charge in [0.25, 0.3) is 5.91 Å². The van der Waals surface area contributed by atoms with Gasteiger partial charge in [0.15, 0.2) is 0 Å². The molecular formula is C21H20FN3O4. The van der Waals surface area contributed by atoms with E-state index in [1.807, 2.05) is 0 Å². The fourth-order valence-electron chi connectivity index (χ4n) is 3.18. The molecule has 29 heavy (non-hydrogen) atoms. The Hall–Kier alpha value is -3.55. The van der Waals surface area contributed by atoms with Crippen molar-refractivity contribution in [3.8, 4) is 0 Å². The molecule has 0 saturated carbocycles. The molecule has 3 rings (SSSR count). The van der Waals surface area contributed by atoms with Crippen molar-refractivity contribution < 1.29 is 23.9 Å². The molecule has 2 aromatic rings. The highest BCUT2D eigenvalue weighted by molar-refractivity contribution is 5.98. The number of aromatic carboxylic acids is 1. The van der Waals surface area contributed by atoms with E-state index in [1.165, 1.54) is 36.5 Å². The van der Waals surface area contributed by atoms with Crippen LogP contribution in [-0.2, 0) is 4.79 Å². The van der Waals surface area contributed by atoms with Gasteiger partial charge in [-0.1, -0.05) is 18.2 Å². The predicted molar refractivity (Wildman–Crippen MR) is 104 cm³/mol. The number of likely N-dealkylation sites (tertiary alicyclic amines) is 1. The Morgan fingerprint density at radius 1 is 1.07 bits per heavy atom. The first kappa shape index (κ1) is 20.2. The van der Waals surface area contributed by atoms with Crippen molar-refractivity contribution in [3.05, 3.63) is 71.0 Å². The van der Waals surface area contributed by atoms with E-state index in [0.717, 1.165) is 0 Å². The zero-order chi connectivity index (χ0) is 20.8. The predicted octanol–water partition coefficient (Wildman–Crippen LogP) is 2.53. The smallest absolute Gasteiger partial charge is 0.336 e. The lowest BCUT2D eigenvalue weighted by molar-refractivity contribution is -0.126. The number of rotatable bonds is 5. The molecule has 1 fully saturated rings. The second-order valence-corrected chi connectivity index (χ2v) is 6.70. The van der Waals surface area contributed by atoms with Crippen LogP contribution in [0.3, 0.4) is 0 Å². The summed E-state index contributed by atoms with van der Waals surface area (Å²) in [6.45, 7) is 0.833. The van der Waals surface area contributed by atoms with Crippen molar-refractivity contribution in [2.24, 2.45) is 11.0 Å². The third kappa shape index (κ3) is 5.04. The zero-order valence-electron chi connectivity index (χ0n) is 15.5. The summed E-state index contributed by atoms with van der Waals surface area (Å²) in [5, 5.41) is 13.0. The Kier molecular flexibility index (Phi) is 6.33. The molecule has 1 aliphatic rings. The molecule has 2 N–H and O–H groups in total. The molecule has 8 heteroatoms. The minimum atomic E-state index is -1.07. The molecule has 0 radical (unpaired) electrons. The molecule has 2 aromatic carbocycles. The highest BCUT2D eigenvalue weighted by atomic mass is 19.1. The number of halogens is 1. The van der Waals surface area contributed by atoms with E-state index in [2.05, 4.69) is 10.5 Å². The van der Waals surface area contributed by atoms with Crippen LogP contribution in [0.15, 0.2) is 53.6 Å². The first-order chi connectivity index (χ1) is 14.0. The molecule has 1 aliphatic heterocycles. The van der Waals surface area contributed by atoms with Gasteiger partial charge in [0.05, 0.1) is 11.8 Å². The second-order valence-electron chi connectivity index (χ2n) is 6.70. The average Bonchev–Trinajstić information content (AvgIpc) is 2.74. The minimum Gasteiger partial charge on any atom is -0.478 e. The van der Waals surface area contributed by atoms with Crippen molar-refractivity contribution in [1.29, 1.82) is 0 Å². The van der Waals surface area contributed by atoms with Gasteiger partial charge in [-0.15, -0.1) is 0 Å². The van der Waals surface area contributed by atoms with Crippen LogP contribution >= 0.6 is 0 Å². The first-order valence-corrected chi connectivity index (χ1v) is 9.16. The van der Waals surface area contributed by atoms with Crippen molar-refractivity contribution in [2.75, 3.05) is 13.1 Å². The van der Waals surface area contributed by atoms with Gasteiger partial charge in [-0.25, -0.2) is 14.6 Å². The van der Waals surface area contributed by atoms with Crippen LogP contribution in [0.1, 0.15) is 39.1 Å². The third-order valence-corrected chi connectivity index (χ3v) is 4.81. The largest absolute Gasteiger partial charge is 0.478 e. The van der Waals surface area contributed by atoms with Crippen LogP contribution in [0.2, 0.25) is 0 Å². The molecule has 0 atom stereocenters. The van der Waals surface area contributed by atoms with Crippen molar-refractivity contribution >= 4 is 24.0 Å². The number of nitrogens with one attached hydrogen (secondary N) is 1. The number of carboxylic acid groups (broad SMARTS) is 1. The van der Waals surface area contributed by atoms with E-state index in [1.54, 1.807) is 23.1 Å². The van der Waals surface area contributed by atoms with Crippen LogP contribution in [0.4, 0.5) is 4.39 Å². The van der Waals surface area contributed by atoms with Crippen LogP contribution in [0.5, 0.6) is 0 Å². The van der Waals surface area contributed by atoms with Crippen LogP contribution in [-0.4, -0.2) is 47.1 Å². The Labute approximate surface area is 166 Å². The second kappa shape index (κ2) is 9.09. The first-order valence-electron chi connectivity index (χ1n) is 9.16. The molecule has 7 nitrogen and oxygen atoms in total. The van der Waals surface area contributed by atoms with E-state index in [4.69, 9.17) is 5.11 Å². The van der Waals surface area contributed by atoms with Gasteiger partial charge >= 0.3 is 5.97 Å². The monoisotopic (exact) mass is 397 g/mol. The number of nitrogens with zero attached hydrogens (tertiary/aromatic N) is 2. The summed E-state index contributed by atoms with van der Waals surface area (Å²) in [7, 11) is 0. The normalized spacial score (nSPS) is 14.7. The number of carbonyl (C=O) groups excluding carboxylic acids is 2. The van der Waals surface area contributed by atoms with Crippen LogP contribution < -0.4 is 5.43 Å². The van der Waals surface area contributed by atoms with Gasteiger partial charge in [0.1, 0.15) is 5.82 Å². The van der Waals surface area contributed by atoms with Gasteiger partial charge in [0.2, 0.25) is 5.91 Å². The van der Waals surface area contributed by atoms with Crippen LogP contribution in [0, 0.1) is 11.7 Å². The molecule has 0 bridgehead atoms. The van der Waals surface area contributed by atoms with Gasteiger partial charge < -0.3 is 10.0 Å². The maximum absolute atomic E-state index is 13.0.